The molecule has 0 saturated carbocycles. The maximum absolute atomic E-state index is 11.5. The van der Waals surface area contributed by atoms with Gasteiger partial charge < -0.3 is 4.74 Å². The molecule has 2 nitrogen and oxygen atoms in total. The molecule has 1 aliphatic carbocycles. The van der Waals surface area contributed by atoms with E-state index in [1.165, 1.54) is 12.7 Å². The van der Waals surface area contributed by atoms with Gasteiger partial charge in [0.05, 0.1) is 7.11 Å². The van der Waals surface area contributed by atoms with Gasteiger partial charge in [0.15, 0.2) is 0 Å². The Morgan fingerprint density at radius 3 is 2.73 bits per heavy atom. The average Bonchev–Trinajstić information content (AvgIpc) is 2.78. The normalized spacial score (nSPS) is 19.8. The fourth-order valence-electron chi connectivity index (χ4n) is 2.08. The third-order valence-corrected chi connectivity index (χ3v) is 2.82. The van der Waals surface area contributed by atoms with Crippen LogP contribution in [0.2, 0.25) is 0 Å². The van der Waals surface area contributed by atoms with E-state index in [4.69, 9.17) is 4.74 Å². The smallest absolute Gasteiger partial charge is 0.334 e. The van der Waals surface area contributed by atoms with Crippen molar-refractivity contribution in [3.05, 3.63) is 47.5 Å². The molecule has 15 heavy (non-hydrogen) atoms. The zero-order chi connectivity index (χ0) is 10.7. The van der Waals surface area contributed by atoms with Crippen molar-refractivity contribution >= 4 is 5.97 Å². The second-order valence-corrected chi connectivity index (χ2v) is 3.69. The highest BCUT2D eigenvalue weighted by atomic mass is 16.5. The highest BCUT2D eigenvalue weighted by Gasteiger charge is 2.26. The van der Waals surface area contributed by atoms with E-state index < -0.39 is 0 Å². The SMILES string of the molecule is COC(=O)C1=CCC[C@@H]1c1ccccc1. The van der Waals surface area contributed by atoms with Crippen LogP contribution in [0.15, 0.2) is 42.0 Å². The van der Waals surface area contributed by atoms with Crippen molar-refractivity contribution in [1.29, 1.82) is 0 Å². The van der Waals surface area contributed by atoms with Gasteiger partial charge in [0.2, 0.25) is 0 Å². The lowest BCUT2D eigenvalue weighted by Crippen LogP contribution is -2.09. The van der Waals surface area contributed by atoms with Crippen LogP contribution in [0.4, 0.5) is 0 Å². The Morgan fingerprint density at radius 1 is 1.33 bits per heavy atom. The van der Waals surface area contributed by atoms with Gasteiger partial charge in [0, 0.05) is 11.5 Å². The summed E-state index contributed by atoms with van der Waals surface area (Å²) in [5, 5.41) is 0. The summed E-state index contributed by atoms with van der Waals surface area (Å²) in [6.07, 6.45) is 3.96. The van der Waals surface area contributed by atoms with E-state index in [2.05, 4.69) is 12.1 Å². The minimum absolute atomic E-state index is 0.193. The molecule has 2 rings (SSSR count). The molecule has 1 aromatic carbocycles. The van der Waals surface area contributed by atoms with E-state index in [1.54, 1.807) is 0 Å². The van der Waals surface area contributed by atoms with Crippen LogP contribution in [0.1, 0.15) is 24.3 Å². The van der Waals surface area contributed by atoms with Gasteiger partial charge in [-0.15, -0.1) is 0 Å². The number of hydrogen-bond acceptors (Lipinski definition) is 2. The standard InChI is InChI=1S/C13H14O2/c1-15-13(14)12-9-5-8-11(12)10-6-3-2-4-7-10/h2-4,6-7,9,11H,5,8H2,1H3/t11-/m1/s1. The zero-order valence-electron chi connectivity index (χ0n) is 8.77. The van der Waals surface area contributed by atoms with Crippen LogP contribution in [-0.2, 0) is 9.53 Å². The summed E-state index contributed by atoms with van der Waals surface area (Å²) < 4.78 is 4.78. The summed E-state index contributed by atoms with van der Waals surface area (Å²) in [6, 6.07) is 10.1. The van der Waals surface area contributed by atoms with Crippen LogP contribution in [-0.4, -0.2) is 13.1 Å². The summed E-state index contributed by atoms with van der Waals surface area (Å²) in [4.78, 5) is 11.5. The minimum atomic E-state index is -0.193. The molecule has 0 aromatic heterocycles. The van der Waals surface area contributed by atoms with Gasteiger partial charge in [-0.2, -0.15) is 0 Å². The fourth-order valence-corrected chi connectivity index (χ4v) is 2.08. The third-order valence-electron chi connectivity index (χ3n) is 2.82. The molecule has 0 N–H and O–H groups in total. The van der Waals surface area contributed by atoms with Crippen LogP contribution in [0.5, 0.6) is 0 Å². The Balaban J connectivity index is 2.25. The average molecular weight is 202 g/mol. The first-order chi connectivity index (χ1) is 7.33. The van der Waals surface area contributed by atoms with Gasteiger partial charge in [-0.25, -0.2) is 4.79 Å². The molecule has 0 unspecified atom stereocenters. The van der Waals surface area contributed by atoms with Crippen molar-refractivity contribution in [1.82, 2.24) is 0 Å². The molecule has 0 saturated heterocycles. The molecule has 2 heteroatoms. The van der Waals surface area contributed by atoms with Crippen molar-refractivity contribution in [2.24, 2.45) is 0 Å². The van der Waals surface area contributed by atoms with Crippen molar-refractivity contribution in [2.45, 2.75) is 18.8 Å². The first-order valence-corrected chi connectivity index (χ1v) is 5.16. The fraction of sp³-hybridized carbons (Fsp3) is 0.308. The number of benzene rings is 1. The number of rotatable bonds is 2. The van der Waals surface area contributed by atoms with Crippen molar-refractivity contribution in [3.8, 4) is 0 Å². The molecule has 78 valence electrons. The summed E-state index contributed by atoms with van der Waals surface area (Å²) in [5.41, 5.74) is 2.01. The predicted octanol–water partition coefficient (Wildman–Crippen LogP) is 2.66. The van der Waals surface area contributed by atoms with Crippen LogP contribution in [0.25, 0.3) is 0 Å². The molecule has 0 aliphatic heterocycles. The number of hydrogen-bond donors (Lipinski definition) is 0. The summed E-state index contributed by atoms with van der Waals surface area (Å²) in [7, 11) is 1.43. The van der Waals surface area contributed by atoms with Gasteiger partial charge >= 0.3 is 5.97 Å². The van der Waals surface area contributed by atoms with Crippen molar-refractivity contribution in [3.63, 3.8) is 0 Å². The maximum Gasteiger partial charge on any atom is 0.334 e. The quantitative estimate of drug-likeness (QED) is 0.689. The number of carbonyl (C=O) groups excluding carboxylic acids is 1. The number of allylic oxidation sites excluding steroid dienone is 1. The Hall–Kier alpha value is -1.57. The number of carbonyl (C=O) groups is 1. The van der Waals surface area contributed by atoms with Gasteiger partial charge in [-0.3, -0.25) is 0 Å². The molecule has 0 amide bonds. The number of esters is 1. The second kappa shape index (κ2) is 4.30. The molecule has 0 spiro atoms. The molecule has 1 atom stereocenters. The zero-order valence-corrected chi connectivity index (χ0v) is 8.77. The van der Waals surface area contributed by atoms with E-state index in [0.29, 0.717) is 0 Å². The van der Waals surface area contributed by atoms with Crippen LogP contribution in [0.3, 0.4) is 0 Å². The van der Waals surface area contributed by atoms with Crippen LogP contribution < -0.4 is 0 Å². The van der Waals surface area contributed by atoms with Crippen LogP contribution >= 0.6 is 0 Å². The molecule has 0 fully saturated rings. The number of methoxy groups -OCH3 is 1. The highest BCUT2D eigenvalue weighted by molar-refractivity contribution is 5.90. The first-order valence-electron chi connectivity index (χ1n) is 5.16. The van der Waals surface area contributed by atoms with Crippen molar-refractivity contribution < 1.29 is 9.53 Å². The molecule has 1 aromatic rings. The van der Waals surface area contributed by atoms with Crippen molar-refractivity contribution in [2.75, 3.05) is 7.11 Å². The molecule has 1 aliphatic rings. The Labute approximate surface area is 89.6 Å². The topological polar surface area (TPSA) is 26.3 Å². The molecule has 0 radical (unpaired) electrons. The van der Waals surface area contributed by atoms with E-state index in [-0.39, 0.29) is 11.9 Å². The monoisotopic (exact) mass is 202 g/mol. The summed E-state index contributed by atoms with van der Waals surface area (Å²) in [6.45, 7) is 0. The lowest BCUT2D eigenvalue weighted by atomic mass is 9.93. The van der Waals surface area contributed by atoms with E-state index in [0.717, 1.165) is 18.4 Å². The lowest BCUT2D eigenvalue weighted by molar-refractivity contribution is -0.136. The van der Waals surface area contributed by atoms with E-state index in [1.807, 2.05) is 24.3 Å². The molecule has 0 heterocycles. The highest BCUT2D eigenvalue weighted by Crippen LogP contribution is 2.35. The first kappa shape index (κ1) is 9.97. The Morgan fingerprint density at radius 2 is 2.07 bits per heavy atom. The lowest BCUT2D eigenvalue weighted by Gasteiger charge is -2.13. The number of ether oxygens (including phenoxy) is 1. The Bertz CT molecular complexity index is 379. The molecular formula is C13H14O2. The molecule has 0 bridgehead atoms. The molecular weight excluding hydrogens is 188 g/mol. The van der Waals surface area contributed by atoms with E-state index >= 15 is 0 Å². The van der Waals surface area contributed by atoms with Gasteiger partial charge in [-0.1, -0.05) is 36.4 Å². The van der Waals surface area contributed by atoms with Gasteiger partial charge in [-0.05, 0) is 18.4 Å². The van der Waals surface area contributed by atoms with Gasteiger partial charge in [0.25, 0.3) is 0 Å². The summed E-state index contributed by atoms with van der Waals surface area (Å²) >= 11 is 0. The third kappa shape index (κ3) is 1.94. The predicted molar refractivity (Wildman–Crippen MR) is 58.5 cm³/mol. The van der Waals surface area contributed by atoms with Crippen LogP contribution in [0, 0.1) is 0 Å². The maximum atomic E-state index is 11.5. The van der Waals surface area contributed by atoms with Gasteiger partial charge in [0.1, 0.15) is 0 Å². The summed E-state index contributed by atoms with van der Waals surface area (Å²) in [5.74, 6) is 0.0278. The van der Waals surface area contributed by atoms with E-state index in [9.17, 15) is 4.79 Å². The largest absolute Gasteiger partial charge is 0.466 e. The second-order valence-electron chi connectivity index (χ2n) is 3.69. The Kier molecular flexibility index (Phi) is 2.86. The minimum Gasteiger partial charge on any atom is -0.466 e.